The quantitative estimate of drug-likeness (QED) is 0.926. The summed E-state index contributed by atoms with van der Waals surface area (Å²) in [4.78, 5) is 10.6. The molecule has 0 unspecified atom stereocenters. The highest BCUT2D eigenvalue weighted by Crippen LogP contribution is 2.50. The number of carboxylic acids is 1. The number of hydrogen-bond donors (Lipinski definition) is 1. The van der Waals surface area contributed by atoms with E-state index in [4.69, 9.17) is 0 Å². The van der Waals surface area contributed by atoms with Crippen LogP contribution in [0.2, 0.25) is 0 Å². The van der Waals surface area contributed by atoms with Crippen molar-refractivity contribution in [3.8, 4) is 0 Å². The zero-order valence-electron chi connectivity index (χ0n) is 11.6. The lowest BCUT2D eigenvalue weighted by molar-refractivity contribution is -0.144. The van der Waals surface area contributed by atoms with Gasteiger partial charge in [0.05, 0.1) is 0 Å². The normalized spacial score (nSPS) is 25.7. The van der Waals surface area contributed by atoms with E-state index in [-0.39, 0.29) is 24.7 Å². The van der Waals surface area contributed by atoms with E-state index in [2.05, 4.69) is 0 Å². The minimum Gasteiger partial charge on any atom is -0.480 e. The van der Waals surface area contributed by atoms with Crippen LogP contribution in [0.1, 0.15) is 26.7 Å². The molecule has 0 amide bonds. The van der Waals surface area contributed by atoms with Crippen molar-refractivity contribution in [2.45, 2.75) is 36.3 Å². The van der Waals surface area contributed by atoms with Gasteiger partial charge in [-0.3, -0.25) is 4.79 Å². The smallest absolute Gasteiger partial charge is 0.325 e. The third kappa shape index (κ3) is 2.33. The van der Waals surface area contributed by atoms with Crippen LogP contribution in [0.4, 0.5) is 8.78 Å². The predicted octanol–water partition coefficient (Wildman–Crippen LogP) is 2.63. The largest absolute Gasteiger partial charge is 0.480 e. The van der Waals surface area contributed by atoms with Gasteiger partial charge in [-0.25, -0.2) is 17.2 Å². The van der Waals surface area contributed by atoms with Gasteiger partial charge in [-0.05, 0) is 42.9 Å². The standard InChI is InChI=1S/C14H16F2O4S/c1-8(2)9-6-14(7-9,13(17)18)21(19,20)12-5-10(15)3-4-11(12)16/h3-5,8-9H,6-7H2,1-2H3,(H,17,18). The molecule has 0 aliphatic heterocycles. The third-order valence-electron chi connectivity index (χ3n) is 4.21. The number of aliphatic carboxylic acids is 1. The first-order valence-electron chi connectivity index (χ1n) is 6.55. The number of carboxylic acid groups (broad SMARTS) is 1. The summed E-state index contributed by atoms with van der Waals surface area (Å²) < 4.78 is 50.0. The molecule has 1 saturated carbocycles. The Bertz CT molecular complexity index is 676. The number of benzene rings is 1. The number of carbonyl (C=O) groups is 1. The van der Waals surface area contributed by atoms with Crippen molar-refractivity contribution in [2.24, 2.45) is 11.8 Å². The summed E-state index contributed by atoms with van der Waals surface area (Å²) >= 11 is 0. The molecular weight excluding hydrogens is 302 g/mol. The highest BCUT2D eigenvalue weighted by atomic mass is 32.2. The van der Waals surface area contributed by atoms with Gasteiger partial charge in [-0.2, -0.15) is 0 Å². The maximum absolute atomic E-state index is 13.7. The third-order valence-corrected chi connectivity index (χ3v) is 6.64. The van der Waals surface area contributed by atoms with Crippen LogP contribution >= 0.6 is 0 Å². The molecule has 0 saturated heterocycles. The van der Waals surface area contributed by atoms with Gasteiger partial charge in [0.25, 0.3) is 0 Å². The maximum atomic E-state index is 13.7. The lowest BCUT2D eigenvalue weighted by Crippen LogP contribution is -2.57. The van der Waals surface area contributed by atoms with Gasteiger partial charge in [0.1, 0.15) is 16.5 Å². The number of sulfone groups is 1. The van der Waals surface area contributed by atoms with E-state index in [9.17, 15) is 27.1 Å². The minimum absolute atomic E-state index is 0.0625. The lowest BCUT2D eigenvalue weighted by Gasteiger charge is -2.45. The van der Waals surface area contributed by atoms with Crippen LogP contribution in [0.15, 0.2) is 23.1 Å². The fourth-order valence-electron chi connectivity index (χ4n) is 2.66. The zero-order chi connectivity index (χ0) is 16.0. The molecule has 2 rings (SSSR count). The van der Waals surface area contributed by atoms with Crippen LogP contribution in [0.25, 0.3) is 0 Å². The van der Waals surface area contributed by atoms with Gasteiger partial charge >= 0.3 is 5.97 Å². The second kappa shape index (κ2) is 5.05. The van der Waals surface area contributed by atoms with Crippen molar-refractivity contribution in [1.29, 1.82) is 0 Å². The van der Waals surface area contributed by atoms with Gasteiger partial charge in [0, 0.05) is 0 Å². The van der Waals surface area contributed by atoms with E-state index in [1.807, 2.05) is 13.8 Å². The molecule has 1 aromatic rings. The topological polar surface area (TPSA) is 71.4 Å². The average molecular weight is 318 g/mol. The summed E-state index contributed by atoms with van der Waals surface area (Å²) in [5, 5.41) is 9.35. The molecule has 1 aliphatic rings. The molecule has 4 nitrogen and oxygen atoms in total. The van der Waals surface area contributed by atoms with Gasteiger partial charge < -0.3 is 5.11 Å². The van der Waals surface area contributed by atoms with Crippen molar-refractivity contribution in [2.75, 3.05) is 0 Å². The Balaban J connectivity index is 2.51. The molecule has 7 heteroatoms. The van der Waals surface area contributed by atoms with Gasteiger partial charge in [-0.15, -0.1) is 0 Å². The molecule has 0 radical (unpaired) electrons. The number of rotatable bonds is 4. The second-order valence-electron chi connectivity index (χ2n) is 5.79. The van der Waals surface area contributed by atoms with Crippen LogP contribution in [0.3, 0.4) is 0 Å². The summed E-state index contributed by atoms with van der Waals surface area (Å²) in [7, 11) is -4.50. The SMILES string of the molecule is CC(C)C1CC(C(=O)O)(S(=O)(=O)c2cc(F)ccc2F)C1. The Hall–Kier alpha value is -1.50. The van der Waals surface area contributed by atoms with Gasteiger partial charge in [0.2, 0.25) is 0 Å². The van der Waals surface area contributed by atoms with Crippen LogP contribution in [-0.4, -0.2) is 24.2 Å². The Morgan fingerprint density at radius 1 is 1.33 bits per heavy atom. The van der Waals surface area contributed by atoms with E-state index < -0.39 is 37.1 Å². The van der Waals surface area contributed by atoms with Crippen LogP contribution < -0.4 is 0 Å². The van der Waals surface area contributed by atoms with E-state index in [1.54, 1.807) is 0 Å². The molecule has 0 atom stereocenters. The highest BCUT2D eigenvalue weighted by Gasteiger charge is 2.61. The molecule has 0 aromatic heterocycles. The van der Waals surface area contributed by atoms with E-state index in [0.717, 1.165) is 6.07 Å². The fourth-order valence-corrected chi connectivity index (χ4v) is 4.77. The monoisotopic (exact) mass is 318 g/mol. The number of hydrogen-bond acceptors (Lipinski definition) is 3. The molecule has 0 bridgehead atoms. The molecule has 1 aliphatic carbocycles. The van der Waals surface area contributed by atoms with Crippen LogP contribution in [0.5, 0.6) is 0 Å². The first-order chi connectivity index (χ1) is 9.61. The molecular formula is C14H16F2O4S. The van der Waals surface area contributed by atoms with E-state index in [0.29, 0.717) is 12.1 Å². The van der Waals surface area contributed by atoms with Crippen molar-refractivity contribution in [3.05, 3.63) is 29.8 Å². The summed E-state index contributed by atoms with van der Waals surface area (Å²) in [6.07, 6.45) is -0.170. The van der Waals surface area contributed by atoms with Gasteiger partial charge in [-0.1, -0.05) is 13.8 Å². The Morgan fingerprint density at radius 2 is 1.90 bits per heavy atom. The van der Waals surface area contributed by atoms with E-state index in [1.165, 1.54) is 0 Å². The average Bonchev–Trinajstić information content (AvgIpc) is 2.29. The molecule has 1 aromatic carbocycles. The fraction of sp³-hybridized carbons (Fsp3) is 0.500. The Morgan fingerprint density at radius 3 is 2.38 bits per heavy atom. The first-order valence-corrected chi connectivity index (χ1v) is 8.03. The summed E-state index contributed by atoms with van der Waals surface area (Å²) in [5.74, 6) is -3.50. The van der Waals surface area contributed by atoms with Crippen molar-refractivity contribution >= 4 is 15.8 Å². The number of halogens is 2. The van der Waals surface area contributed by atoms with Crippen LogP contribution in [-0.2, 0) is 14.6 Å². The lowest BCUT2D eigenvalue weighted by atomic mass is 9.69. The summed E-state index contributed by atoms with van der Waals surface area (Å²) in [6.45, 7) is 3.73. The molecule has 0 spiro atoms. The van der Waals surface area contributed by atoms with Crippen molar-refractivity contribution in [1.82, 2.24) is 0 Å². The minimum atomic E-state index is -4.50. The zero-order valence-corrected chi connectivity index (χ0v) is 12.5. The maximum Gasteiger partial charge on any atom is 0.325 e. The second-order valence-corrected chi connectivity index (χ2v) is 8.02. The summed E-state index contributed by atoms with van der Waals surface area (Å²) in [5.41, 5.74) is 0. The van der Waals surface area contributed by atoms with E-state index >= 15 is 0 Å². The summed E-state index contributed by atoms with van der Waals surface area (Å²) in [6, 6.07) is 2.02. The highest BCUT2D eigenvalue weighted by molar-refractivity contribution is 7.93. The Kier molecular flexibility index (Phi) is 3.82. The van der Waals surface area contributed by atoms with Crippen LogP contribution in [0, 0.1) is 23.5 Å². The molecule has 1 fully saturated rings. The molecule has 21 heavy (non-hydrogen) atoms. The van der Waals surface area contributed by atoms with Crippen molar-refractivity contribution < 1.29 is 27.1 Å². The Labute approximate surface area is 121 Å². The molecule has 0 heterocycles. The first kappa shape index (κ1) is 15.9. The molecule has 116 valence electrons. The predicted molar refractivity (Wildman–Crippen MR) is 71.5 cm³/mol. The van der Waals surface area contributed by atoms with Gasteiger partial charge in [0.15, 0.2) is 14.6 Å². The molecule has 1 N–H and O–H groups in total. The van der Waals surface area contributed by atoms with Crippen molar-refractivity contribution in [3.63, 3.8) is 0 Å².